The summed E-state index contributed by atoms with van der Waals surface area (Å²) in [5.41, 5.74) is 0.997. The fourth-order valence-corrected chi connectivity index (χ4v) is 5.78. The summed E-state index contributed by atoms with van der Waals surface area (Å²) in [6.45, 7) is 0. The van der Waals surface area contributed by atoms with Crippen LogP contribution in [0.2, 0.25) is 0 Å². The maximum absolute atomic E-state index is 12.4. The Morgan fingerprint density at radius 3 is 2.05 bits per heavy atom. The van der Waals surface area contributed by atoms with Crippen LogP contribution in [-0.2, 0) is 0 Å². The molecule has 21 heavy (non-hydrogen) atoms. The van der Waals surface area contributed by atoms with Crippen molar-refractivity contribution in [3.63, 3.8) is 0 Å². The molecular weight excluding hydrogens is 276 g/mol. The van der Waals surface area contributed by atoms with Gasteiger partial charge in [-0.05, 0) is 67.3 Å². The number of ketones is 1. The first-order valence-electron chi connectivity index (χ1n) is 8.15. The van der Waals surface area contributed by atoms with Gasteiger partial charge in [0.15, 0.2) is 5.78 Å². The number of benzene rings is 1. The molecule has 4 aliphatic carbocycles. The van der Waals surface area contributed by atoms with Crippen LogP contribution >= 0.6 is 12.6 Å². The van der Waals surface area contributed by atoms with Crippen LogP contribution < -0.4 is 0 Å². The molecule has 4 fully saturated rings. The zero-order valence-corrected chi connectivity index (χ0v) is 13.2. The lowest BCUT2D eigenvalue weighted by Gasteiger charge is -2.57. The molecule has 0 amide bonds. The van der Waals surface area contributed by atoms with E-state index in [9.17, 15) is 4.79 Å². The average Bonchev–Trinajstić information content (AvgIpc) is 2.46. The molecule has 1 nitrogen and oxygen atoms in total. The van der Waals surface area contributed by atoms with Gasteiger partial charge in [-0.25, -0.2) is 0 Å². The van der Waals surface area contributed by atoms with Gasteiger partial charge in [-0.15, -0.1) is 12.6 Å². The van der Waals surface area contributed by atoms with Crippen molar-refractivity contribution in [3.05, 3.63) is 46.9 Å². The Bertz CT molecular complexity index is 552. The van der Waals surface area contributed by atoms with Gasteiger partial charge in [-0.2, -0.15) is 0 Å². The van der Waals surface area contributed by atoms with Gasteiger partial charge in [0.1, 0.15) is 0 Å². The second-order valence-corrected chi connectivity index (χ2v) is 7.94. The van der Waals surface area contributed by atoms with E-state index in [4.69, 9.17) is 12.6 Å². The molecule has 4 aliphatic rings. The Balaban J connectivity index is 1.61. The van der Waals surface area contributed by atoms with Crippen LogP contribution in [0, 0.1) is 23.2 Å². The van der Waals surface area contributed by atoms with Crippen molar-refractivity contribution in [1.29, 1.82) is 0 Å². The van der Waals surface area contributed by atoms with Crippen LogP contribution in [0.25, 0.3) is 0 Å². The molecule has 0 aliphatic heterocycles. The molecule has 0 N–H and O–H groups in total. The van der Waals surface area contributed by atoms with Crippen molar-refractivity contribution < 1.29 is 4.79 Å². The van der Waals surface area contributed by atoms with E-state index in [1.807, 2.05) is 36.4 Å². The molecule has 0 spiro atoms. The van der Waals surface area contributed by atoms with Crippen molar-refractivity contribution in [3.8, 4) is 0 Å². The maximum atomic E-state index is 12.4. The van der Waals surface area contributed by atoms with Gasteiger partial charge in [0.25, 0.3) is 0 Å². The largest absolute Gasteiger partial charge is 0.289 e. The number of thiol groups is 1. The smallest absolute Gasteiger partial charge is 0.186 e. The number of hydrogen-bond acceptors (Lipinski definition) is 2. The summed E-state index contributed by atoms with van der Waals surface area (Å²) in [7, 11) is 0. The van der Waals surface area contributed by atoms with E-state index in [-0.39, 0.29) is 11.2 Å². The quantitative estimate of drug-likeness (QED) is 0.477. The summed E-state index contributed by atoms with van der Waals surface area (Å²) >= 11 is 4.80. The van der Waals surface area contributed by atoms with Crippen LogP contribution in [0.5, 0.6) is 0 Å². The first-order valence-corrected chi connectivity index (χ1v) is 8.60. The number of carbonyl (C=O) groups is 1. The van der Waals surface area contributed by atoms with Crippen molar-refractivity contribution >= 4 is 18.4 Å². The van der Waals surface area contributed by atoms with Gasteiger partial charge in [0.2, 0.25) is 0 Å². The van der Waals surface area contributed by atoms with Crippen LogP contribution in [0.15, 0.2) is 41.3 Å². The van der Waals surface area contributed by atoms with Crippen LogP contribution in [-0.4, -0.2) is 5.78 Å². The third-order valence-corrected chi connectivity index (χ3v) is 6.51. The second-order valence-electron chi connectivity index (χ2n) is 7.46. The molecule has 4 bridgehead atoms. The Labute approximate surface area is 132 Å². The molecule has 0 unspecified atom stereocenters. The van der Waals surface area contributed by atoms with E-state index < -0.39 is 0 Å². The lowest BCUT2D eigenvalue weighted by molar-refractivity contribution is -0.0258. The molecule has 1 aromatic carbocycles. The van der Waals surface area contributed by atoms with Crippen LogP contribution in [0.4, 0.5) is 0 Å². The van der Waals surface area contributed by atoms with Gasteiger partial charge in [0, 0.05) is 11.0 Å². The first-order chi connectivity index (χ1) is 10.1. The van der Waals surface area contributed by atoms with E-state index in [0.717, 1.165) is 28.2 Å². The molecule has 4 saturated carbocycles. The van der Waals surface area contributed by atoms with Crippen molar-refractivity contribution in [2.24, 2.45) is 23.2 Å². The first kappa shape index (κ1) is 13.6. The third-order valence-electron chi connectivity index (χ3n) is 5.91. The zero-order valence-electron chi connectivity index (χ0n) is 12.3. The summed E-state index contributed by atoms with van der Waals surface area (Å²) < 4.78 is 0. The monoisotopic (exact) mass is 298 g/mol. The van der Waals surface area contributed by atoms with E-state index in [1.54, 1.807) is 0 Å². The highest BCUT2D eigenvalue weighted by Crippen LogP contribution is 2.63. The van der Waals surface area contributed by atoms with Gasteiger partial charge in [0.05, 0.1) is 0 Å². The number of carbonyl (C=O) groups excluding carboxylic acids is 1. The van der Waals surface area contributed by atoms with Crippen molar-refractivity contribution in [1.82, 2.24) is 0 Å². The molecule has 0 radical (unpaired) electrons. The highest BCUT2D eigenvalue weighted by atomic mass is 32.1. The van der Waals surface area contributed by atoms with E-state index in [1.165, 1.54) is 38.5 Å². The molecule has 2 heteroatoms. The fraction of sp³-hybridized carbons (Fsp3) is 0.526. The minimum absolute atomic E-state index is 0.108. The molecule has 0 saturated heterocycles. The zero-order chi connectivity index (χ0) is 14.4. The van der Waals surface area contributed by atoms with Gasteiger partial charge >= 0.3 is 0 Å². The third kappa shape index (κ3) is 2.38. The predicted molar refractivity (Wildman–Crippen MR) is 88.4 cm³/mol. The van der Waals surface area contributed by atoms with Gasteiger partial charge in [-0.3, -0.25) is 4.79 Å². The Kier molecular flexibility index (Phi) is 3.25. The van der Waals surface area contributed by atoms with Crippen LogP contribution in [0.1, 0.15) is 48.9 Å². The van der Waals surface area contributed by atoms with Crippen LogP contribution in [0.3, 0.4) is 0 Å². The average molecular weight is 298 g/mol. The maximum Gasteiger partial charge on any atom is 0.186 e. The van der Waals surface area contributed by atoms with Crippen molar-refractivity contribution in [2.45, 2.75) is 38.5 Å². The number of hydrogen-bond donors (Lipinski definition) is 1. The molecule has 110 valence electrons. The topological polar surface area (TPSA) is 17.1 Å². The summed E-state index contributed by atoms with van der Waals surface area (Å²) in [5, 5.41) is 0. The minimum Gasteiger partial charge on any atom is -0.289 e. The molecule has 0 heterocycles. The molecule has 1 aromatic rings. The van der Waals surface area contributed by atoms with E-state index >= 15 is 0 Å². The van der Waals surface area contributed by atoms with E-state index in [0.29, 0.717) is 0 Å². The molecule has 0 atom stereocenters. The molecule has 5 rings (SSSR count). The highest BCUT2D eigenvalue weighted by Gasteiger charge is 2.51. The lowest BCUT2D eigenvalue weighted by Crippen LogP contribution is -2.46. The highest BCUT2D eigenvalue weighted by molar-refractivity contribution is 7.84. The summed E-state index contributed by atoms with van der Waals surface area (Å²) in [4.78, 5) is 13.5. The number of allylic oxidation sites excluding steroid dienone is 2. The van der Waals surface area contributed by atoms with Gasteiger partial charge in [-0.1, -0.05) is 30.3 Å². The Morgan fingerprint density at radius 2 is 1.52 bits per heavy atom. The fourth-order valence-electron chi connectivity index (χ4n) is 5.39. The Hall–Kier alpha value is -1.02. The SMILES string of the molecule is O=C(/C=C(\S)C12CC3CC(CC(C3)C1)C2)c1ccccc1. The molecular formula is C19H22OS. The standard InChI is InChI=1S/C19H22OS/c20-17(16-4-2-1-3-5-16)9-18(21)19-10-13-6-14(11-19)8-15(7-13)12-19/h1-5,9,13-15,21H,6-8,10-12H2/b18-9-. The second kappa shape index (κ2) is 5.01. The summed E-state index contributed by atoms with van der Waals surface area (Å²) in [6, 6.07) is 9.56. The Morgan fingerprint density at radius 1 is 1.00 bits per heavy atom. The summed E-state index contributed by atoms with van der Waals surface area (Å²) in [5.74, 6) is 2.77. The number of rotatable bonds is 3. The van der Waals surface area contributed by atoms with Gasteiger partial charge < -0.3 is 0 Å². The normalized spacial score (nSPS) is 37.8. The molecule has 0 aromatic heterocycles. The predicted octanol–water partition coefficient (Wildman–Crippen LogP) is 4.90. The minimum atomic E-state index is 0.108. The van der Waals surface area contributed by atoms with E-state index in [2.05, 4.69) is 0 Å². The summed E-state index contributed by atoms with van der Waals surface area (Å²) in [6.07, 6.45) is 9.86. The lowest BCUT2D eigenvalue weighted by atomic mass is 9.49. The van der Waals surface area contributed by atoms with Crippen molar-refractivity contribution in [2.75, 3.05) is 0 Å².